The molecule has 0 N–H and O–H groups in total. The summed E-state index contributed by atoms with van der Waals surface area (Å²) in [7, 11) is -3.86. The first kappa shape index (κ1) is 14.3. The van der Waals surface area contributed by atoms with Crippen molar-refractivity contribution < 1.29 is 13.2 Å². The second-order valence-electron chi connectivity index (χ2n) is 4.93. The fraction of sp³-hybridized carbons (Fsp3) is 0.133. The Bertz CT molecular complexity index is 828. The molecule has 4 nitrogen and oxygen atoms in total. The molecule has 0 aliphatic carbocycles. The molecule has 0 aromatic heterocycles. The van der Waals surface area contributed by atoms with Crippen LogP contribution in [0, 0.1) is 6.92 Å². The van der Waals surface area contributed by atoms with Gasteiger partial charge in [0.15, 0.2) is 0 Å². The van der Waals surface area contributed by atoms with Crippen molar-refractivity contribution in [2.75, 3.05) is 4.31 Å². The molecule has 6 heteroatoms. The van der Waals surface area contributed by atoms with Gasteiger partial charge in [0.25, 0.3) is 10.0 Å². The lowest BCUT2D eigenvalue weighted by molar-refractivity contribution is -0.116. The zero-order valence-electron chi connectivity index (χ0n) is 11.2. The molecule has 1 amide bonds. The van der Waals surface area contributed by atoms with E-state index in [1.54, 1.807) is 30.3 Å². The van der Waals surface area contributed by atoms with E-state index >= 15 is 0 Å². The first-order chi connectivity index (χ1) is 9.89. The molecular formula is C15H12BrNO3S. The van der Waals surface area contributed by atoms with Crippen LogP contribution in [0.15, 0.2) is 51.8 Å². The van der Waals surface area contributed by atoms with Crippen molar-refractivity contribution in [2.45, 2.75) is 18.2 Å². The van der Waals surface area contributed by atoms with E-state index in [1.165, 1.54) is 12.1 Å². The van der Waals surface area contributed by atoms with Crippen LogP contribution in [0.25, 0.3) is 0 Å². The third kappa shape index (κ3) is 2.38. The molecule has 1 aliphatic rings. The third-order valence-electron chi connectivity index (χ3n) is 3.39. The fourth-order valence-electron chi connectivity index (χ4n) is 2.34. The number of fused-ring (bicyclic) bond motifs is 1. The van der Waals surface area contributed by atoms with Crippen molar-refractivity contribution >= 4 is 37.5 Å². The molecule has 0 unspecified atom stereocenters. The number of hydrogen-bond acceptors (Lipinski definition) is 3. The number of nitrogens with zero attached hydrogens (tertiary/aromatic N) is 1. The topological polar surface area (TPSA) is 54.5 Å². The molecule has 3 rings (SSSR count). The summed E-state index contributed by atoms with van der Waals surface area (Å²) in [5.74, 6) is -0.427. The number of rotatable bonds is 2. The van der Waals surface area contributed by atoms with Gasteiger partial charge < -0.3 is 0 Å². The minimum atomic E-state index is -3.86. The van der Waals surface area contributed by atoms with E-state index < -0.39 is 15.9 Å². The smallest absolute Gasteiger partial charge is 0.270 e. The molecule has 108 valence electrons. The zero-order chi connectivity index (χ0) is 15.2. The van der Waals surface area contributed by atoms with E-state index in [9.17, 15) is 13.2 Å². The number of benzene rings is 2. The summed E-state index contributed by atoms with van der Waals surface area (Å²) in [6, 6.07) is 11.6. The molecule has 0 saturated heterocycles. The number of anilines is 1. The third-order valence-corrected chi connectivity index (χ3v) is 5.63. The van der Waals surface area contributed by atoms with Gasteiger partial charge in [0.2, 0.25) is 5.91 Å². The molecule has 21 heavy (non-hydrogen) atoms. The molecule has 0 fully saturated rings. The van der Waals surface area contributed by atoms with Crippen molar-refractivity contribution in [1.82, 2.24) is 0 Å². The first-order valence-electron chi connectivity index (χ1n) is 6.33. The van der Waals surface area contributed by atoms with Crippen LogP contribution in [0.2, 0.25) is 0 Å². The number of hydrogen-bond donors (Lipinski definition) is 0. The minimum Gasteiger partial charge on any atom is -0.273 e. The van der Waals surface area contributed by atoms with Crippen molar-refractivity contribution in [3.63, 3.8) is 0 Å². The van der Waals surface area contributed by atoms with Gasteiger partial charge in [0, 0.05) is 4.47 Å². The number of sulfonamides is 1. The summed E-state index contributed by atoms with van der Waals surface area (Å²) in [5.41, 5.74) is 2.11. The van der Waals surface area contributed by atoms with E-state index in [1.807, 2.05) is 6.92 Å². The lowest BCUT2D eigenvalue weighted by atomic mass is 10.2. The monoisotopic (exact) mass is 365 g/mol. The van der Waals surface area contributed by atoms with Gasteiger partial charge in [0.05, 0.1) is 17.0 Å². The van der Waals surface area contributed by atoms with Crippen LogP contribution < -0.4 is 4.31 Å². The van der Waals surface area contributed by atoms with Gasteiger partial charge in [-0.3, -0.25) is 4.79 Å². The molecule has 0 radical (unpaired) electrons. The highest BCUT2D eigenvalue weighted by molar-refractivity contribution is 9.10. The van der Waals surface area contributed by atoms with E-state index in [0.717, 1.165) is 14.3 Å². The van der Waals surface area contributed by atoms with Gasteiger partial charge in [-0.25, -0.2) is 12.7 Å². The largest absolute Gasteiger partial charge is 0.273 e. The lowest BCUT2D eigenvalue weighted by Gasteiger charge is -2.17. The zero-order valence-corrected chi connectivity index (χ0v) is 13.6. The van der Waals surface area contributed by atoms with Crippen LogP contribution >= 0.6 is 15.9 Å². The predicted molar refractivity (Wildman–Crippen MR) is 83.7 cm³/mol. The Morgan fingerprint density at radius 3 is 2.43 bits per heavy atom. The van der Waals surface area contributed by atoms with Crippen LogP contribution in [0.1, 0.15) is 11.1 Å². The van der Waals surface area contributed by atoms with E-state index in [2.05, 4.69) is 15.9 Å². The average Bonchev–Trinajstić information content (AvgIpc) is 2.74. The molecule has 0 saturated carbocycles. The van der Waals surface area contributed by atoms with Crippen LogP contribution in [0.5, 0.6) is 0 Å². The van der Waals surface area contributed by atoms with Gasteiger partial charge in [-0.1, -0.05) is 33.6 Å². The Morgan fingerprint density at radius 1 is 1.10 bits per heavy atom. The normalized spacial score (nSPS) is 14.4. The summed E-state index contributed by atoms with van der Waals surface area (Å²) in [6.45, 7) is 1.88. The fourth-order valence-corrected chi connectivity index (χ4v) is 4.21. The highest BCUT2D eigenvalue weighted by Crippen LogP contribution is 2.35. The van der Waals surface area contributed by atoms with Crippen LogP contribution in [-0.2, 0) is 21.2 Å². The minimum absolute atomic E-state index is 0.0971. The molecule has 0 atom stereocenters. The number of amides is 1. The van der Waals surface area contributed by atoms with Gasteiger partial charge >= 0.3 is 0 Å². The molecule has 0 bridgehead atoms. The summed E-state index contributed by atoms with van der Waals surface area (Å²) in [5, 5.41) is 0. The lowest BCUT2D eigenvalue weighted by Crippen LogP contribution is -2.33. The Balaban J connectivity index is 2.12. The highest BCUT2D eigenvalue weighted by Gasteiger charge is 2.37. The Kier molecular flexibility index (Phi) is 3.37. The number of carbonyl (C=O) groups excluding carboxylic acids is 1. The van der Waals surface area contributed by atoms with Crippen LogP contribution in [-0.4, -0.2) is 14.3 Å². The standard InChI is InChI=1S/C15H12BrNO3S/c1-10-2-5-13(6-3-10)21(19,20)17-14-7-4-12(16)8-11(14)9-15(17)18/h2-8H,9H2,1H3. The molecule has 2 aromatic rings. The maximum absolute atomic E-state index is 12.7. The van der Waals surface area contributed by atoms with Crippen LogP contribution in [0.3, 0.4) is 0 Å². The number of halogens is 1. The number of carbonyl (C=O) groups is 1. The Morgan fingerprint density at radius 2 is 1.76 bits per heavy atom. The van der Waals surface area contributed by atoms with E-state index in [4.69, 9.17) is 0 Å². The van der Waals surface area contributed by atoms with Crippen molar-refractivity contribution in [1.29, 1.82) is 0 Å². The summed E-state index contributed by atoms with van der Waals surface area (Å²) >= 11 is 3.33. The Labute approximate surface area is 131 Å². The van der Waals surface area contributed by atoms with Crippen molar-refractivity contribution in [3.05, 3.63) is 58.1 Å². The summed E-state index contributed by atoms with van der Waals surface area (Å²) < 4.78 is 27.1. The molecular weight excluding hydrogens is 354 g/mol. The second kappa shape index (κ2) is 4.96. The van der Waals surface area contributed by atoms with Gasteiger partial charge in [-0.15, -0.1) is 0 Å². The van der Waals surface area contributed by atoms with Gasteiger partial charge in [0.1, 0.15) is 0 Å². The maximum atomic E-state index is 12.7. The summed E-state index contributed by atoms with van der Waals surface area (Å²) in [4.78, 5) is 12.3. The SMILES string of the molecule is Cc1ccc(S(=O)(=O)N2C(=O)Cc3cc(Br)ccc32)cc1. The van der Waals surface area contributed by atoms with Crippen LogP contribution in [0.4, 0.5) is 5.69 Å². The highest BCUT2D eigenvalue weighted by atomic mass is 79.9. The second-order valence-corrected chi connectivity index (χ2v) is 7.63. The quantitative estimate of drug-likeness (QED) is 0.821. The predicted octanol–water partition coefficient (Wildman–Crippen LogP) is 3.04. The molecule has 1 aliphatic heterocycles. The Hall–Kier alpha value is -1.66. The molecule has 2 aromatic carbocycles. The first-order valence-corrected chi connectivity index (χ1v) is 8.56. The van der Waals surface area contributed by atoms with E-state index in [0.29, 0.717) is 11.3 Å². The summed E-state index contributed by atoms with van der Waals surface area (Å²) in [6.07, 6.45) is 0.0971. The van der Waals surface area contributed by atoms with Crippen molar-refractivity contribution in [2.24, 2.45) is 0 Å². The number of aryl methyl sites for hydroxylation is 1. The van der Waals surface area contributed by atoms with Crippen molar-refractivity contribution in [3.8, 4) is 0 Å². The maximum Gasteiger partial charge on any atom is 0.270 e. The molecule has 1 heterocycles. The molecule has 0 spiro atoms. The average molecular weight is 366 g/mol. The van der Waals surface area contributed by atoms with Gasteiger partial charge in [-0.2, -0.15) is 0 Å². The van der Waals surface area contributed by atoms with Gasteiger partial charge in [-0.05, 0) is 42.8 Å². The van der Waals surface area contributed by atoms with E-state index in [-0.39, 0.29) is 11.3 Å².